The minimum Gasteiger partial charge on any atom is -0.481 e. The van der Waals surface area contributed by atoms with Crippen LogP contribution < -0.4 is 0 Å². The Labute approximate surface area is 73.4 Å². The molecule has 0 aromatic heterocycles. The lowest BCUT2D eigenvalue weighted by molar-refractivity contribution is -0.149. The molecule has 3 nitrogen and oxygen atoms in total. The molecule has 0 amide bonds. The van der Waals surface area contributed by atoms with Crippen molar-refractivity contribution in [2.75, 3.05) is 6.61 Å². The molecular formula is C9H18O3. The number of aliphatic hydroxyl groups is 1. The third-order valence-electron chi connectivity index (χ3n) is 2.26. The third-order valence-corrected chi connectivity index (χ3v) is 2.26. The van der Waals surface area contributed by atoms with Crippen molar-refractivity contribution >= 4 is 5.97 Å². The van der Waals surface area contributed by atoms with Gasteiger partial charge in [0.15, 0.2) is 0 Å². The SMILES string of the molecule is CCCC[C@@](C)(CCO)C(=O)O. The zero-order valence-electron chi connectivity index (χ0n) is 7.84. The first-order valence-electron chi connectivity index (χ1n) is 4.41. The lowest BCUT2D eigenvalue weighted by Crippen LogP contribution is -2.28. The molecule has 0 spiro atoms. The number of carboxylic acid groups (broad SMARTS) is 1. The van der Waals surface area contributed by atoms with E-state index in [1.165, 1.54) is 0 Å². The number of carboxylic acids is 1. The van der Waals surface area contributed by atoms with E-state index in [1.54, 1.807) is 6.92 Å². The van der Waals surface area contributed by atoms with Gasteiger partial charge in [0.2, 0.25) is 0 Å². The molecule has 0 rings (SSSR count). The Hall–Kier alpha value is -0.570. The molecular weight excluding hydrogens is 156 g/mol. The van der Waals surface area contributed by atoms with Crippen LogP contribution in [0.5, 0.6) is 0 Å². The maximum atomic E-state index is 10.8. The Kier molecular flexibility index (Phi) is 4.90. The molecule has 0 aromatic rings. The summed E-state index contributed by atoms with van der Waals surface area (Å²) in [6, 6.07) is 0. The van der Waals surface area contributed by atoms with Crippen LogP contribution in [-0.2, 0) is 4.79 Å². The van der Waals surface area contributed by atoms with Gasteiger partial charge in [0.1, 0.15) is 0 Å². The van der Waals surface area contributed by atoms with Crippen molar-refractivity contribution in [2.45, 2.75) is 39.5 Å². The summed E-state index contributed by atoms with van der Waals surface area (Å²) < 4.78 is 0. The van der Waals surface area contributed by atoms with Crippen LogP contribution in [0.2, 0.25) is 0 Å². The van der Waals surface area contributed by atoms with Crippen molar-refractivity contribution in [2.24, 2.45) is 5.41 Å². The normalized spacial score (nSPS) is 15.6. The fraction of sp³-hybridized carbons (Fsp3) is 0.889. The largest absolute Gasteiger partial charge is 0.481 e. The maximum absolute atomic E-state index is 10.8. The van der Waals surface area contributed by atoms with Gasteiger partial charge < -0.3 is 10.2 Å². The van der Waals surface area contributed by atoms with Crippen LogP contribution in [0.3, 0.4) is 0 Å². The van der Waals surface area contributed by atoms with Crippen LogP contribution in [0.25, 0.3) is 0 Å². The Balaban J connectivity index is 4.08. The molecule has 0 aliphatic rings. The van der Waals surface area contributed by atoms with Crippen molar-refractivity contribution in [3.8, 4) is 0 Å². The average molecular weight is 174 g/mol. The highest BCUT2D eigenvalue weighted by atomic mass is 16.4. The summed E-state index contributed by atoms with van der Waals surface area (Å²) in [7, 11) is 0. The molecule has 3 heteroatoms. The van der Waals surface area contributed by atoms with Gasteiger partial charge in [0.05, 0.1) is 5.41 Å². The third kappa shape index (κ3) is 3.22. The summed E-state index contributed by atoms with van der Waals surface area (Å²) in [5, 5.41) is 17.6. The first-order chi connectivity index (χ1) is 5.56. The van der Waals surface area contributed by atoms with Crippen LogP contribution in [-0.4, -0.2) is 22.8 Å². The molecule has 0 heterocycles. The summed E-state index contributed by atoms with van der Waals surface area (Å²) in [4.78, 5) is 10.8. The standard InChI is InChI=1S/C9H18O3/c1-3-4-5-9(2,6-7-10)8(11)12/h10H,3-7H2,1-2H3,(H,11,12)/t9-/m0/s1. The van der Waals surface area contributed by atoms with Crippen molar-refractivity contribution < 1.29 is 15.0 Å². The first kappa shape index (κ1) is 11.4. The Morgan fingerprint density at radius 3 is 2.33 bits per heavy atom. The van der Waals surface area contributed by atoms with E-state index in [0.29, 0.717) is 12.8 Å². The molecule has 0 radical (unpaired) electrons. The highest BCUT2D eigenvalue weighted by Crippen LogP contribution is 2.28. The van der Waals surface area contributed by atoms with Gasteiger partial charge >= 0.3 is 5.97 Å². The lowest BCUT2D eigenvalue weighted by atomic mass is 9.82. The van der Waals surface area contributed by atoms with Crippen LogP contribution in [0.4, 0.5) is 0 Å². The van der Waals surface area contributed by atoms with Crippen LogP contribution in [0, 0.1) is 5.41 Å². The molecule has 0 saturated heterocycles. The van der Waals surface area contributed by atoms with E-state index in [2.05, 4.69) is 0 Å². The maximum Gasteiger partial charge on any atom is 0.309 e. The highest BCUT2D eigenvalue weighted by Gasteiger charge is 2.31. The summed E-state index contributed by atoms with van der Waals surface area (Å²) in [6.07, 6.45) is 2.90. The zero-order chi connectivity index (χ0) is 9.61. The molecule has 0 unspecified atom stereocenters. The number of aliphatic carboxylic acids is 1. The second-order valence-corrected chi connectivity index (χ2v) is 3.44. The summed E-state index contributed by atoms with van der Waals surface area (Å²) in [5.74, 6) is -0.801. The quantitative estimate of drug-likeness (QED) is 0.643. The Morgan fingerprint density at radius 2 is 2.00 bits per heavy atom. The van der Waals surface area contributed by atoms with Crippen molar-refractivity contribution in [3.63, 3.8) is 0 Å². The number of hydrogen-bond donors (Lipinski definition) is 2. The van der Waals surface area contributed by atoms with E-state index in [0.717, 1.165) is 12.8 Å². The van der Waals surface area contributed by atoms with Gasteiger partial charge in [-0.2, -0.15) is 0 Å². The summed E-state index contributed by atoms with van der Waals surface area (Å²) in [5.41, 5.74) is -0.731. The monoisotopic (exact) mass is 174 g/mol. The molecule has 0 bridgehead atoms. The van der Waals surface area contributed by atoms with Gasteiger partial charge in [-0.15, -0.1) is 0 Å². The molecule has 0 aliphatic carbocycles. The van der Waals surface area contributed by atoms with Crippen LogP contribution in [0.15, 0.2) is 0 Å². The van der Waals surface area contributed by atoms with Crippen LogP contribution >= 0.6 is 0 Å². The van der Waals surface area contributed by atoms with E-state index < -0.39 is 11.4 Å². The average Bonchev–Trinajstić information content (AvgIpc) is 2.01. The zero-order valence-corrected chi connectivity index (χ0v) is 7.84. The molecule has 0 saturated carbocycles. The van der Waals surface area contributed by atoms with E-state index in [4.69, 9.17) is 10.2 Å². The predicted octanol–water partition coefficient (Wildman–Crippen LogP) is 1.65. The second kappa shape index (κ2) is 5.14. The molecule has 0 fully saturated rings. The number of rotatable bonds is 6. The molecule has 72 valence electrons. The Bertz CT molecular complexity index is 145. The van der Waals surface area contributed by atoms with Crippen molar-refractivity contribution in [1.29, 1.82) is 0 Å². The van der Waals surface area contributed by atoms with Gasteiger partial charge in [-0.3, -0.25) is 4.79 Å². The molecule has 1 atom stereocenters. The number of unbranched alkanes of at least 4 members (excludes halogenated alkanes) is 1. The number of aliphatic hydroxyl groups excluding tert-OH is 1. The molecule has 12 heavy (non-hydrogen) atoms. The van der Waals surface area contributed by atoms with E-state index in [9.17, 15) is 4.79 Å². The van der Waals surface area contributed by atoms with Crippen molar-refractivity contribution in [3.05, 3.63) is 0 Å². The molecule has 2 N–H and O–H groups in total. The number of carbonyl (C=O) groups is 1. The summed E-state index contributed by atoms with van der Waals surface area (Å²) in [6.45, 7) is 3.68. The second-order valence-electron chi connectivity index (χ2n) is 3.44. The minimum absolute atomic E-state index is 0.0491. The number of hydrogen-bond acceptors (Lipinski definition) is 2. The smallest absolute Gasteiger partial charge is 0.309 e. The minimum atomic E-state index is -0.801. The highest BCUT2D eigenvalue weighted by molar-refractivity contribution is 5.74. The van der Waals surface area contributed by atoms with Gasteiger partial charge in [-0.1, -0.05) is 19.8 Å². The van der Waals surface area contributed by atoms with Gasteiger partial charge in [-0.05, 0) is 19.8 Å². The fourth-order valence-electron chi connectivity index (χ4n) is 1.15. The van der Waals surface area contributed by atoms with E-state index in [-0.39, 0.29) is 6.61 Å². The Morgan fingerprint density at radius 1 is 1.42 bits per heavy atom. The van der Waals surface area contributed by atoms with Crippen LogP contribution in [0.1, 0.15) is 39.5 Å². The molecule has 0 aliphatic heterocycles. The van der Waals surface area contributed by atoms with E-state index in [1.807, 2.05) is 6.92 Å². The predicted molar refractivity (Wildman–Crippen MR) is 47.0 cm³/mol. The topological polar surface area (TPSA) is 57.5 Å². The van der Waals surface area contributed by atoms with E-state index >= 15 is 0 Å². The van der Waals surface area contributed by atoms with Gasteiger partial charge in [-0.25, -0.2) is 0 Å². The van der Waals surface area contributed by atoms with Gasteiger partial charge in [0, 0.05) is 6.61 Å². The van der Waals surface area contributed by atoms with Gasteiger partial charge in [0.25, 0.3) is 0 Å². The van der Waals surface area contributed by atoms with Crippen molar-refractivity contribution in [1.82, 2.24) is 0 Å². The lowest BCUT2D eigenvalue weighted by Gasteiger charge is -2.23. The summed E-state index contributed by atoms with van der Waals surface area (Å²) >= 11 is 0. The molecule has 0 aromatic carbocycles. The fourth-order valence-corrected chi connectivity index (χ4v) is 1.15. The first-order valence-corrected chi connectivity index (χ1v) is 4.41.